The quantitative estimate of drug-likeness (QED) is 0.878. The molecule has 1 aromatic rings. The maximum absolute atomic E-state index is 12.0. The van der Waals surface area contributed by atoms with Crippen LogP contribution in [0.2, 0.25) is 0 Å². The summed E-state index contributed by atoms with van der Waals surface area (Å²) in [4.78, 5) is 12.0. The van der Waals surface area contributed by atoms with Gasteiger partial charge in [-0.05, 0) is 57.7 Å². The zero-order valence-electron chi connectivity index (χ0n) is 13.0. The highest BCUT2D eigenvalue weighted by Gasteiger charge is 2.20. The summed E-state index contributed by atoms with van der Waals surface area (Å²) < 4.78 is 0. The number of hydrogen-bond donors (Lipinski definition) is 2. The van der Waals surface area contributed by atoms with Crippen molar-refractivity contribution in [3.8, 4) is 0 Å². The van der Waals surface area contributed by atoms with Crippen molar-refractivity contribution in [1.82, 2.24) is 10.6 Å². The van der Waals surface area contributed by atoms with Crippen molar-refractivity contribution < 1.29 is 4.79 Å². The van der Waals surface area contributed by atoms with E-state index in [2.05, 4.69) is 48.7 Å². The van der Waals surface area contributed by atoms with Gasteiger partial charge in [-0.2, -0.15) is 0 Å². The molecule has 1 aromatic carbocycles. The highest BCUT2D eigenvalue weighted by molar-refractivity contribution is 5.85. The second kappa shape index (κ2) is 9.06. The second-order valence-corrected chi connectivity index (χ2v) is 5.95. The molecule has 2 rings (SSSR count). The number of nitrogens with one attached hydrogen (secondary N) is 2. The molecule has 1 amide bonds. The Morgan fingerprint density at radius 1 is 1.38 bits per heavy atom. The molecule has 0 aromatic heterocycles. The lowest BCUT2D eigenvalue weighted by Crippen LogP contribution is -2.44. The number of halogens is 1. The van der Waals surface area contributed by atoms with E-state index >= 15 is 0 Å². The summed E-state index contributed by atoms with van der Waals surface area (Å²) in [5, 5.41) is 6.55. The van der Waals surface area contributed by atoms with Crippen molar-refractivity contribution >= 4 is 18.3 Å². The molecule has 2 unspecified atom stereocenters. The topological polar surface area (TPSA) is 41.1 Å². The molecule has 1 heterocycles. The number of carbonyl (C=O) groups excluding carboxylic acids is 1. The molecular weight excluding hydrogens is 284 g/mol. The number of hydrogen-bond acceptors (Lipinski definition) is 2. The van der Waals surface area contributed by atoms with Crippen LogP contribution in [0, 0.1) is 12.8 Å². The van der Waals surface area contributed by atoms with Crippen molar-refractivity contribution in [3.63, 3.8) is 0 Å². The molecule has 3 nitrogen and oxygen atoms in total. The smallest absolute Gasteiger partial charge is 0.220 e. The maximum Gasteiger partial charge on any atom is 0.220 e. The van der Waals surface area contributed by atoms with Gasteiger partial charge >= 0.3 is 0 Å². The van der Waals surface area contributed by atoms with Crippen LogP contribution in [0.1, 0.15) is 37.3 Å². The van der Waals surface area contributed by atoms with Crippen LogP contribution in [-0.2, 0) is 11.2 Å². The number of piperidine rings is 1. The van der Waals surface area contributed by atoms with Crippen LogP contribution >= 0.6 is 12.4 Å². The molecule has 2 atom stereocenters. The molecule has 1 aliphatic rings. The minimum Gasteiger partial charge on any atom is -0.353 e. The minimum atomic E-state index is 0. The molecule has 118 valence electrons. The monoisotopic (exact) mass is 310 g/mol. The summed E-state index contributed by atoms with van der Waals surface area (Å²) in [6.07, 6.45) is 3.83. The van der Waals surface area contributed by atoms with E-state index < -0.39 is 0 Å². The second-order valence-electron chi connectivity index (χ2n) is 5.95. The van der Waals surface area contributed by atoms with E-state index in [1.165, 1.54) is 24.0 Å². The first-order valence-electron chi connectivity index (χ1n) is 7.71. The lowest BCUT2D eigenvalue weighted by Gasteiger charge is -2.29. The number of aryl methyl sites for hydroxylation is 2. The van der Waals surface area contributed by atoms with Crippen LogP contribution < -0.4 is 10.6 Å². The van der Waals surface area contributed by atoms with Gasteiger partial charge in [0, 0.05) is 12.5 Å². The minimum absolute atomic E-state index is 0. The molecule has 2 N–H and O–H groups in total. The first-order chi connectivity index (χ1) is 9.65. The van der Waals surface area contributed by atoms with Crippen molar-refractivity contribution in [2.45, 2.75) is 45.6 Å². The average Bonchev–Trinajstić information content (AvgIpc) is 2.47. The van der Waals surface area contributed by atoms with Gasteiger partial charge in [-0.25, -0.2) is 0 Å². The van der Waals surface area contributed by atoms with Gasteiger partial charge in [0.15, 0.2) is 0 Å². The van der Waals surface area contributed by atoms with Crippen LogP contribution in [0.3, 0.4) is 0 Å². The van der Waals surface area contributed by atoms with Gasteiger partial charge in [0.05, 0.1) is 0 Å². The Bertz CT molecular complexity index is 427. The Morgan fingerprint density at radius 3 is 2.71 bits per heavy atom. The Kier molecular flexibility index (Phi) is 7.76. The fraction of sp³-hybridized carbons (Fsp3) is 0.588. The van der Waals surface area contributed by atoms with Crippen molar-refractivity contribution in [2.24, 2.45) is 5.92 Å². The summed E-state index contributed by atoms with van der Waals surface area (Å²) in [5.74, 6) is 0.746. The SMILES string of the molecule is Cc1ccc(CCC(=O)NC(C)C2CCCNC2)cc1.Cl. The average molecular weight is 311 g/mol. The maximum atomic E-state index is 12.0. The normalized spacial score (nSPS) is 19.4. The van der Waals surface area contributed by atoms with Gasteiger partial charge in [0.2, 0.25) is 5.91 Å². The Hall–Kier alpha value is -1.06. The van der Waals surface area contributed by atoms with E-state index in [0.29, 0.717) is 12.3 Å². The Morgan fingerprint density at radius 2 is 2.10 bits per heavy atom. The largest absolute Gasteiger partial charge is 0.353 e. The van der Waals surface area contributed by atoms with Gasteiger partial charge in [0.25, 0.3) is 0 Å². The fourth-order valence-electron chi connectivity index (χ4n) is 2.76. The standard InChI is InChI=1S/C17H26N2O.ClH/c1-13-5-7-15(8-6-13)9-10-17(20)19-14(2)16-4-3-11-18-12-16;/h5-8,14,16,18H,3-4,9-12H2,1-2H3,(H,19,20);1H. The highest BCUT2D eigenvalue weighted by atomic mass is 35.5. The molecule has 0 aliphatic carbocycles. The van der Waals surface area contributed by atoms with Gasteiger partial charge in [-0.3, -0.25) is 4.79 Å². The van der Waals surface area contributed by atoms with Crippen LogP contribution in [-0.4, -0.2) is 25.0 Å². The lowest BCUT2D eigenvalue weighted by atomic mass is 9.92. The predicted octanol–water partition coefficient (Wildman–Crippen LogP) is 2.85. The molecule has 1 fully saturated rings. The summed E-state index contributed by atoms with van der Waals surface area (Å²) in [6, 6.07) is 8.69. The number of rotatable bonds is 5. The Balaban J connectivity index is 0.00000220. The number of benzene rings is 1. The van der Waals surface area contributed by atoms with Crippen LogP contribution in [0.25, 0.3) is 0 Å². The van der Waals surface area contributed by atoms with E-state index in [1.807, 2.05) is 0 Å². The highest BCUT2D eigenvalue weighted by Crippen LogP contribution is 2.14. The molecule has 1 aliphatic heterocycles. The van der Waals surface area contributed by atoms with Crippen molar-refractivity contribution in [2.75, 3.05) is 13.1 Å². The van der Waals surface area contributed by atoms with Crippen LogP contribution in [0.5, 0.6) is 0 Å². The van der Waals surface area contributed by atoms with E-state index in [0.717, 1.165) is 19.5 Å². The first-order valence-corrected chi connectivity index (χ1v) is 7.71. The fourth-order valence-corrected chi connectivity index (χ4v) is 2.76. The van der Waals surface area contributed by atoms with Gasteiger partial charge in [-0.15, -0.1) is 12.4 Å². The molecule has 1 saturated heterocycles. The predicted molar refractivity (Wildman–Crippen MR) is 89.9 cm³/mol. The van der Waals surface area contributed by atoms with Gasteiger partial charge < -0.3 is 10.6 Å². The zero-order chi connectivity index (χ0) is 14.4. The molecule has 0 bridgehead atoms. The van der Waals surface area contributed by atoms with Gasteiger partial charge in [0.1, 0.15) is 0 Å². The van der Waals surface area contributed by atoms with E-state index in [1.54, 1.807) is 0 Å². The molecule has 4 heteroatoms. The van der Waals surface area contributed by atoms with E-state index in [4.69, 9.17) is 0 Å². The van der Waals surface area contributed by atoms with Crippen LogP contribution in [0.15, 0.2) is 24.3 Å². The molecular formula is C17H27ClN2O. The van der Waals surface area contributed by atoms with Gasteiger partial charge in [-0.1, -0.05) is 29.8 Å². The third kappa shape index (κ3) is 6.06. The van der Waals surface area contributed by atoms with Crippen molar-refractivity contribution in [1.29, 1.82) is 0 Å². The van der Waals surface area contributed by atoms with Crippen molar-refractivity contribution in [3.05, 3.63) is 35.4 Å². The summed E-state index contributed by atoms with van der Waals surface area (Å²) >= 11 is 0. The summed E-state index contributed by atoms with van der Waals surface area (Å²) in [6.45, 7) is 6.35. The van der Waals surface area contributed by atoms with Crippen LogP contribution in [0.4, 0.5) is 0 Å². The van der Waals surface area contributed by atoms with E-state index in [-0.39, 0.29) is 24.4 Å². The lowest BCUT2D eigenvalue weighted by molar-refractivity contribution is -0.122. The molecule has 0 saturated carbocycles. The summed E-state index contributed by atoms with van der Waals surface area (Å²) in [5.41, 5.74) is 2.49. The molecule has 0 radical (unpaired) electrons. The number of amides is 1. The zero-order valence-corrected chi connectivity index (χ0v) is 13.8. The summed E-state index contributed by atoms with van der Waals surface area (Å²) in [7, 11) is 0. The Labute approximate surface area is 134 Å². The molecule has 0 spiro atoms. The van der Waals surface area contributed by atoms with E-state index in [9.17, 15) is 4.79 Å². The third-order valence-corrected chi connectivity index (χ3v) is 4.19. The molecule has 21 heavy (non-hydrogen) atoms. The first kappa shape index (κ1) is 18.0. The number of carbonyl (C=O) groups is 1. The third-order valence-electron chi connectivity index (χ3n) is 4.19.